The third-order valence-electron chi connectivity index (χ3n) is 5.31. The van der Waals surface area contributed by atoms with Crippen LogP contribution in [0.25, 0.3) is 0 Å². The maximum atomic E-state index is 13.0. The monoisotopic (exact) mass is 410 g/mol. The summed E-state index contributed by atoms with van der Waals surface area (Å²) >= 11 is 0. The molecule has 160 valence electrons. The van der Waals surface area contributed by atoms with E-state index in [1.165, 1.54) is 16.8 Å². The zero-order chi connectivity index (χ0) is 21.5. The number of aromatic nitrogens is 1. The van der Waals surface area contributed by atoms with Crippen molar-refractivity contribution in [3.05, 3.63) is 70.1 Å². The molecule has 1 atom stereocenters. The van der Waals surface area contributed by atoms with Gasteiger partial charge in [0.05, 0.1) is 5.56 Å². The number of piperidine rings is 1. The summed E-state index contributed by atoms with van der Waals surface area (Å²) in [5.74, 6) is 0.0961. The van der Waals surface area contributed by atoms with Crippen molar-refractivity contribution in [3.63, 3.8) is 0 Å². The number of amides is 2. The van der Waals surface area contributed by atoms with Crippen molar-refractivity contribution < 1.29 is 9.59 Å². The fourth-order valence-electron chi connectivity index (χ4n) is 3.89. The Morgan fingerprint density at radius 1 is 1.13 bits per heavy atom. The lowest BCUT2D eigenvalue weighted by molar-refractivity contribution is -0.121. The summed E-state index contributed by atoms with van der Waals surface area (Å²) in [6.45, 7) is 2.67. The van der Waals surface area contributed by atoms with Crippen LogP contribution < -0.4 is 10.9 Å². The summed E-state index contributed by atoms with van der Waals surface area (Å²) in [7, 11) is 4.08. The van der Waals surface area contributed by atoms with Gasteiger partial charge in [0.2, 0.25) is 5.91 Å². The molecule has 0 radical (unpaired) electrons. The standard InChI is InChI=1S/C23H30N4O3/c1-25(2)14-19-9-6-12-26(15-19)23(30)20-10-11-22(29)27(16-20)17-21(28)24-13-18-7-4-3-5-8-18/h3-5,7-8,10-11,16,19H,6,9,12-15,17H2,1-2H3,(H,24,28)/t19-/m1/s1. The second-order valence-electron chi connectivity index (χ2n) is 8.17. The zero-order valence-corrected chi connectivity index (χ0v) is 17.7. The second-order valence-corrected chi connectivity index (χ2v) is 8.17. The molecule has 1 aromatic heterocycles. The number of rotatable bonds is 7. The third-order valence-corrected chi connectivity index (χ3v) is 5.31. The van der Waals surface area contributed by atoms with Crippen molar-refractivity contribution in [2.45, 2.75) is 25.9 Å². The molecule has 7 nitrogen and oxygen atoms in total. The highest BCUT2D eigenvalue weighted by Gasteiger charge is 2.25. The first-order valence-corrected chi connectivity index (χ1v) is 10.4. The Morgan fingerprint density at radius 3 is 2.63 bits per heavy atom. The molecule has 0 saturated carbocycles. The lowest BCUT2D eigenvalue weighted by atomic mass is 9.97. The summed E-state index contributed by atoms with van der Waals surface area (Å²) < 4.78 is 1.30. The minimum Gasteiger partial charge on any atom is -0.350 e. The van der Waals surface area contributed by atoms with Crippen LogP contribution >= 0.6 is 0 Å². The Labute approximate surface area is 177 Å². The quantitative estimate of drug-likeness (QED) is 0.752. The molecule has 1 aromatic carbocycles. The van der Waals surface area contributed by atoms with Crippen LogP contribution in [-0.2, 0) is 17.9 Å². The van der Waals surface area contributed by atoms with Crippen molar-refractivity contribution in [3.8, 4) is 0 Å². The molecule has 2 amide bonds. The molecule has 1 aliphatic rings. The number of hydrogen-bond donors (Lipinski definition) is 1. The van der Waals surface area contributed by atoms with Gasteiger partial charge >= 0.3 is 0 Å². The second kappa shape index (κ2) is 10.2. The molecular weight excluding hydrogens is 380 g/mol. The SMILES string of the molecule is CN(C)C[C@H]1CCCN(C(=O)c2ccc(=O)n(CC(=O)NCc3ccccc3)c2)C1. The van der Waals surface area contributed by atoms with Gasteiger partial charge in [-0.3, -0.25) is 14.4 Å². The van der Waals surface area contributed by atoms with Gasteiger partial charge in [0.1, 0.15) is 6.54 Å². The fourth-order valence-corrected chi connectivity index (χ4v) is 3.89. The van der Waals surface area contributed by atoms with Gasteiger partial charge in [-0.05, 0) is 44.5 Å². The Morgan fingerprint density at radius 2 is 1.90 bits per heavy atom. The molecule has 3 rings (SSSR count). The van der Waals surface area contributed by atoms with E-state index in [1.54, 1.807) is 6.07 Å². The Bertz CT molecular complexity index is 924. The number of carbonyl (C=O) groups excluding carboxylic acids is 2. The molecule has 0 spiro atoms. The summed E-state index contributed by atoms with van der Waals surface area (Å²) in [6.07, 6.45) is 3.59. The first-order chi connectivity index (χ1) is 14.4. The van der Waals surface area contributed by atoms with Gasteiger partial charge in [-0.15, -0.1) is 0 Å². The van der Waals surface area contributed by atoms with Crippen molar-refractivity contribution in [2.24, 2.45) is 5.92 Å². The predicted octanol–water partition coefficient (Wildman–Crippen LogP) is 1.58. The Kier molecular flexibility index (Phi) is 7.41. The fraction of sp³-hybridized carbons (Fsp3) is 0.435. The normalized spacial score (nSPS) is 16.5. The van der Waals surface area contributed by atoms with Crippen LogP contribution in [0, 0.1) is 5.92 Å². The van der Waals surface area contributed by atoms with E-state index in [2.05, 4.69) is 10.2 Å². The minimum absolute atomic E-state index is 0.0862. The van der Waals surface area contributed by atoms with Crippen molar-refractivity contribution in [2.75, 3.05) is 33.7 Å². The number of nitrogens with one attached hydrogen (secondary N) is 1. The first kappa shape index (κ1) is 21.8. The molecule has 0 bridgehead atoms. The van der Waals surface area contributed by atoms with Crippen LogP contribution in [0.2, 0.25) is 0 Å². The number of pyridine rings is 1. The number of nitrogens with zero attached hydrogens (tertiary/aromatic N) is 3. The molecule has 30 heavy (non-hydrogen) atoms. The highest BCUT2D eigenvalue weighted by Crippen LogP contribution is 2.19. The van der Waals surface area contributed by atoms with E-state index in [1.807, 2.05) is 49.3 Å². The van der Waals surface area contributed by atoms with E-state index in [9.17, 15) is 14.4 Å². The molecule has 2 heterocycles. The summed E-state index contributed by atoms with van der Waals surface area (Å²) in [4.78, 5) is 41.5. The number of likely N-dealkylation sites (tertiary alicyclic amines) is 1. The van der Waals surface area contributed by atoms with Crippen LogP contribution in [-0.4, -0.2) is 59.9 Å². The van der Waals surface area contributed by atoms with Gasteiger partial charge in [-0.1, -0.05) is 30.3 Å². The highest BCUT2D eigenvalue weighted by atomic mass is 16.2. The largest absolute Gasteiger partial charge is 0.350 e. The van der Waals surface area contributed by atoms with E-state index in [4.69, 9.17) is 0 Å². The van der Waals surface area contributed by atoms with E-state index in [-0.39, 0.29) is 23.9 Å². The maximum Gasteiger partial charge on any atom is 0.255 e. The molecule has 2 aromatic rings. The molecular formula is C23H30N4O3. The Hall–Kier alpha value is -2.93. The van der Waals surface area contributed by atoms with E-state index in [0.717, 1.165) is 31.5 Å². The average Bonchev–Trinajstić information content (AvgIpc) is 2.74. The van der Waals surface area contributed by atoms with Gasteiger partial charge in [-0.25, -0.2) is 0 Å². The molecule has 0 unspecified atom stereocenters. The van der Waals surface area contributed by atoms with Crippen LogP contribution in [0.15, 0.2) is 53.5 Å². The number of hydrogen-bond acceptors (Lipinski definition) is 4. The summed E-state index contributed by atoms with van der Waals surface area (Å²) in [6, 6.07) is 12.5. The van der Waals surface area contributed by atoms with Gasteiger partial charge in [0.25, 0.3) is 11.5 Å². The van der Waals surface area contributed by atoms with Crippen molar-refractivity contribution in [1.82, 2.24) is 19.7 Å². The maximum absolute atomic E-state index is 13.0. The van der Waals surface area contributed by atoms with E-state index >= 15 is 0 Å². The Balaban J connectivity index is 1.63. The van der Waals surface area contributed by atoms with Crippen molar-refractivity contribution >= 4 is 11.8 Å². The van der Waals surface area contributed by atoms with Gasteiger partial charge in [-0.2, -0.15) is 0 Å². The highest BCUT2D eigenvalue weighted by molar-refractivity contribution is 5.94. The summed E-state index contributed by atoms with van der Waals surface area (Å²) in [5, 5.41) is 2.81. The van der Waals surface area contributed by atoms with Crippen LogP contribution in [0.5, 0.6) is 0 Å². The zero-order valence-electron chi connectivity index (χ0n) is 17.7. The smallest absolute Gasteiger partial charge is 0.255 e. The van der Waals surface area contributed by atoms with E-state index in [0.29, 0.717) is 24.6 Å². The lowest BCUT2D eigenvalue weighted by Gasteiger charge is -2.34. The molecule has 0 aliphatic carbocycles. The van der Waals surface area contributed by atoms with Crippen molar-refractivity contribution in [1.29, 1.82) is 0 Å². The van der Waals surface area contributed by atoms with Crippen LogP contribution in [0.1, 0.15) is 28.8 Å². The minimum atomic E-state index is -0.300. The lowest BCUT2D eigenvalue weighted by Crippen LogP contribution is -2.43. The van der Waals surface area contributed by atoms with Crippen LogP contribution in [0.3, 0.4) is 0 Å². The van der Waals surface area contributed by atoms with Crippen LogP contribution in [0.4, 0.5) is 0 Å². The first-order valence-electron chi connectivity index (χ1n) is 10.4. The number of carbonyl (C=O) groups is 2. The molecule has 1 N–H and O–H groups in total. The molecule has 1 fully saturated rings. The van der Waals surface area contributed by atoms with E-state index < -0.39 is 0 Å². The molecule has 1 saturated heterocycles. The van der Waals surface area contributed by atoms with Gasteiger partial charge in [0, 0.05) is 38.4 Å². The average molecular weight is 411 g/mol. The predicted molar refractivity (Wildman–Crippen MR) is 116 cm³/mol. The summed E-state index contributed by atoms with van der Waals surface area (Å²) in [5.41, 5.74) is 1.13. The van der Waals surface area contributed by atoms with Gasteiger partial charge in [0.15, 0.2) is 0 Å². The molecule has 1 aliphatic heterocycles. The topological polar surface area (TPSA) is 74.7 Å². The molecule has 7 heteroatoms. The van der Waals surface area contributed by atoms with Gasteiger partial charge < -0.3 is 19.7 Å². The third kappa shape index (κ3) is 6.03. The number of benzene rings is 1.